The molecule has 8 atom stereocenters. The molecule has 1 heterocycles. The van der Waals surface area contributed by atoms with Crippen LogP contribution in [0.5, 0.6) is 0 Å². The molecule has 0 radical (unpaired) electrons. The summed E-state index contributed by atoms with van der Waals surface area (Å²) in [5.74, 6) is -1.24. The van der Waals surface area contributed by atoms with Crippen molar-refractivity contribution in [3.05, 3.63) is 60.8 Å². The first-order valence-corrected chi connectivity index (χ1v) is 27.1. The van der Waals surface area contributed by atoms with Gasteiger partial charge < -0.3 is 45.1 Å². The van der Waals surface area contributed by atoms with E-state index < -0.39 is 67.4 Å². The maximum atomic E-state index is 13.3. The third kappa shape index (κ3) is 33.5. The second-order valence-corrected chi connectivity index (χ2v) is 18.6. The number of carbonyl (C=O) groups excluding carboxylic acids is 2. The lowest BCUT2D eigenvalue weighted by molar-refractivity contribution is -0.305. The number of nitrogens with one attached hydrogen (secondary N) is 1. The zero-order valence-corrected chi connectivity index (χ0v) is 42.5. The molecule has 1 amide bonds. The number of hydrogen-bond acceptors (Lipinski definition) is 10. The Morgan fingerprint density at radius 1 is 0.597 bits per heavy atom. The van der Waals surface area contributed by atoms with Gasteiger partial charge in [-0.05, 0) is 70.6 Å². The number of esters is 1. The summed E-state index contributed by atoms with van der Waals surface area (Å²) in [6.07, 6.45) is 42.7. The molecular weight excluding hydrogens is 847 g/mol. The maximum Gasteiger partial charge on any atom is 0.306 e. The highest BCUT2D eigenvalue weighted by atomic mass is 16.7. The Labute approximate surface area is 408 Å². The van der Waals surface area contributed by atoms with E-state index >= 15 is 0 Å². The minimum atomic E-state index is -1.62. The van der Waals surface area contributed by atoms with Gasteiger partial charge in [0.2, 0.25) is 5.91 Å². The molecule has 11 heteroatoms. The first-order valence-electron chi connectivity index (χ1n) is 27.1. The van der Waals surface area contributed by atoms with Crippen LogP contribution in [0.15, 0.2) is 60.8 Å². The van der Waals surface area contributed by atoms with Gasteiger partial charge in [-0.2, -0.15) is 0 Å². The molecule has 1 saturated heterocycles. The molecule has 8 unspecified atom stereocenters. The Balaban J connectivity index is 2.80. The van der Waals surface area contributed by atoms with E-state index in [9.17, 15) is 35.1 Å². The number of amides is 1. The fourth-order valence-corrected chi connectivity index (χ4v) is 8.11. The van der Waals surface area contributed by atoms with Crippen molar-refractivity contribution >= 4 is 11.9 Å². The van der Waals surface area contributed by atoms with Crippen LogP contribution in [0.1, 0.15) is 220 Å². The number of aliphatic hydroxyl groups is 5. The van der Waals surface area contributed by atoms with Gasteiger partial charge in [0.25, 0.3) is 0 Å². The van der Waals surface area contributed by atoms with Crippen LogP contribution < -0.4 is 5.32 Å². The van der Waals surface area contributed by atoms with Crippen molar-refractivity contribution in [3.63, 3.8) is 0 Å². The molecule has 1 aliphatic rings. The van der Waals surface area contributed by atoms with Gasteiger partial charge in [0.15, 0.2) is 12.4 Å². The Kier molecular flexibility index (Phi) is 41.5. The van der Waals surface area contributed by atoms with Crippen LogP contribution in [0.25, 0.3) is 0 Å². The molecular formula is C56H99NO10. The summed E-state index contributed by atoms with van der Waals surface area (Å²) in [7, 11) is 0. The molecule has 1 fully saturated rings. The van der Waals surface area contributed by atoms with Crippen LogP contribution in [-0.2, 0) is 23.8 Å². The van der Waals surface area contributed by atoms with E-state index in [1.807, 2.05) is 24.3 Å². The fraction of sp³-hybridized carbons (Fsp3) is 0.786. The Hall–Kier alpha value is -2.64. The molecule has 0 aromatic carbocycles. The number of unbranched alkanes of at least 4 members (excludes halogenated alkanes) is 24. The van der Waals surface area contributed by atoms with Gasteiger partial charge in [0.05, 0.1) is 25.4 Å². The summed E-state index contributed by atoms with van der Waals surface area (Å²) in [6.45, 7) is 5.59. The Bertz CT molecular complexity index is 1320. The van der Waals surface area contributed by atoms with E-state index in [2.05, 4.69) is 56.5 Å². The van der Waals surface area contributed by atoms with E-state index in [-0.39, 0.29) is 19.4 Å². The highest BCUT2D eigenvalue weighted by molar-refractivity contribution is 5.80. The molecule has 0 aromatic rings. The standard InChI is InChI=1S/C56H99NO10/c1-4-7-10-13-16-19-22-25-28-30-33-36-39-42-48(59)47(57-55(64)49(60)43-40-37-34-31-27-24-21-18-15-12-9-6-3)46-65-56-54(53(63)52(62)50(45-58)66-56)67-51(61)44-41-38-35-32-29-26-23-20-17-14-11-8-5-2/h8,11,14,17,20,23,27,31,39,42,47-50,52-54,56,58-60,62-63H,4-7,9-10,12-13,15-16,18-19,21-22,24-26,28-30,32-38,40-41,43-46H2,1-3H3,(H,57,64)/b11-8+,17-14+,23-20-,31-27-,42-39+. The monoisotopic (exact) mass is 946 g/mol. The minimum Gasteiger partial charge on any atom is -0.454 e. The second-order valence-electron chi connectivity index (χ2n) is 18.6. The number of rotatable bonds is 44. The quantitative estimate of drug-likeness (QED) is 0.0149. The van der Waals surface area contributed by atoms with Gasteiger partial charge in [-0.15, -0.1) is 0 Å². The van der Waals surface area contributed by atoms with Crippen molar-refractivity contribution in [1.82, 2.24) is 5.32 Å². The van der Waals surface area contributed by atoms with Crippen LogP contribution in [0, 0.1) is 0 Å². The van der Waals surface area contributed by atoms with Crippen molar-refractivity contribution in [2.75, 3.05) is 13.2 Å². The summed E-state index contributed by atoms with van der Waals surface area (Å²) in [5, 5.41) is 56.6. The molecule has 0 saturated carbocycles. The lowest BCUT2D eigenvalue weighted by Gasteiger charge is -2.41. The molecule has 388 valence electrons. The predicted molar refractivity (Wildman–Crippen MR) is 273 cm³/mol. The molecule has 11 nitrogen and oxygen atoms in total. The summed E-state index contributed by atoms with van der Waals surface area (Å²) in [5.41, 5.74) is 0. The minimum absolute atomic E-state index is 0.0973. The number of allylic oxidation sites excluding steroid dienone is 9. The van der Waals surface area contributed by atoms with E-state index in [1.165, 1.54) is 96.3 Å². The van der Waals surface area contributed by atoms with Gasteiger partial charge >= 0.3 is 5.97 Å². The smallest absolute Gasteiger partial charge is 0.306 e. The lowest BCUT2D eigenvalue weighted by atomic mass is 9.99. The summed E-state index contributed by atoms with van der Waals surface area (Å²) in [6, 6.07) is -1.04. The fourth-order valence-electron chi connectivity index (χ4n) is 8.11. The average molecular weight is 946 g/mol. The van der Waals surface area contributed by atoms with Crippen molar-refractivity contribution in [2.24, 2.45) is 0 Å². The van der Waals surface area contributed by atoms with Crippen LogP contribution in [0.3, 0.4) is 0 Å². The largest absolute Gasteiger partial charge is 0.454 e. The van der Waals surface area contributed by atoms with Crippen LogP contribution in [-0.4, -0.2) is 99.6 Å². The van der Waals surface area contributed by atoms with E-state index in [1.54, 1.807) is 6.08 Å². The average Bonchev–Trinajstić information content (AvgIpc) is 3.32. The molecule has 0 spiro atoms. The molecule has 0 aromatic heterocycles. The van der Waals surface area contributed by atoms with Gasteiger partial charge in [-0.25, -0.2) is 0 Å². The Morgan fingerprint density at radius 2 is 1.09 bits per heavy atom. The first kappa shape index (κ1) is 62.4. The highest BCUT2D eigenvalue weighted by Crippen LogP contribution is 2.26. The van der Waals surface area contributed by atoms with Gasteiger partial charge in [0.1, 0.15) is 24.4 Å². The Morgan fingerprint density at radius 3 is 1.64 bits per heavy atom. The first-order chi connectivity index (χ1) is 32.7. The van der Waals surface area contributed by atoms with Crippen molar-refractivity contribution in [1.29, 1.82) is 0 Å². The number of hydrogen-bond donors (Lipinski definition) is 6. The second kappa shape index (κ2) is 44.6. The highest BCUT2D eigenvalue weighted by Gasteiger charge is 2.47. The van der Waals surface area contributed by atoms with Crippen molar-refractivity contribution < 1.29 is 49.3 Å². The SMILES string of the molecule is CC/C=C/C=C/C=C\CCCCCCCC(=O)OC1C(OCC(NC(=O)C(O)CCCC/C=C\CCCCCCCC)C(O)/C=C/CCCCCCCCCCCCC)OC(CO)C(O)C1O. The van der Waals surface area contributed by atoms with E-state index in [0.717, 1.165) is 77.0 Å². The molecule has 67 heavy (non-hydrogen) atoms. The topological polar surface area (TPSA) is 175 Å². The molecule has 0 bridgehead atoms. The van der Waals surface area contributed by atoms with Crippen molar-refractivity contribution in [2.45, 2.75) is 269 Å². The van der Waals surface area contributed by atoms with Crippen LogP contribution in [0.2, 0.25) is 0 Å². The maximum absolute atomic E-state index is 13.3. The number of aliphatic hydroxyl groups excluding tert-OH is 5. The van der Waals surface area contributed by atoms with Crippen LogP contribution in [0.4, 0.5) is 0 Å². The lowest BCUT2D eigenvalue weighted by Crippen LogP contribution is -2.61. The third-order valence-corrected chi connectivity index (χ3v) is 12.5. The third-order valence-electron chi connectivity index (χ3n) is 12.5. The number of ether oxygens (including phenoxy) is 3. The molecule has 1 rings (SSSR count). The predicted octanol–water partition coefficient (Wildman–Crippen LogP) is 11.5. The van der Waals surface area contributed by atoms with E-state index in [4.69, 9.17) is 14.2 Å². The van der Waals surface area contributed by atoms with Gasteiger partial charge in [-0.3, -0.25) is 9.59 Å². The normalized spacial score (nSPS) is 20.5. The molecule has 1 aliphatic heterocycles. The van der Waals surface area contributed by atoms with Crippen LogP contribution >= 0.6 is 0 Å². The van der Waals surface area contributed by atoms with Gasteiger partial charge in [-0.1, -0.05) is 204 Å². The van der Waals surface area contributed by atoms with Crippen molar-refractivity contribution in [3.8, 4) is 0 Å². The van der Waals surface area contributed by atoms with E-state index in [0.29, 0.717) is 12.8 Å². The summed E-state index contributed by atoms with van der Waals surface area (Å²) < 4.78 is 17.5. The van der Waals surface area contributed by atoms with Gasteiger partial charge in [0, 0.05) is 6.42 Å². The zero-order valence-electron chi connectivity index (χ0n) is 42.5. The summed E-state index contributed by atoms with van der Waals surface area (Å²) >= 11 is 0. The molecule has 0 aliphatic carbocycles. The number of carbonyl (C=O) groups is 2. The summed E-state index contributed by atoms with van der Waals surface area (Å²) in [4.78, 5) is 26.3. The molecule has 6 N–H and O–H groups in total. The zero-order chi connectivity index (χ0) is 49.0.